The summed E-state index contributed by atoms with van der Waals surface area (Å²) in [4.78, 5) is 11.1. The Balaban J connectivity index is 3.85. The van der Waals surface area contributed by atoms with Crippen LogP contribution in [-0.4, -0.2) is 18.5 Å². The third-order valence-electron chi connectivity index (χ3n) is 1.73. The lowest BCUT2D eigenvalue weighted by Gasteiger charge is -2.19. The second kappa shape index (κ2) is 5.77. The first-order valence-electron chi connectivity index (χ1n) is 4.22. The van der Waals surface area contributed by atoms with Crippen molar-refractivity contribution in [2.45, 2.75) is 26.3 Å². The van der Waals surface area contributed by atoms with Crippen LogP contribution in [0, 0.1) is 5.92 Å². The highest BCUT2D eigenvalue weighted by Crippen LogP contribution is 1.99. The summed E-state index contributed by atoms with van der Waals surface area (Å²) in [7, 11) is 0. The summed E-state index contributed by atoms with van der Waals surface area (Å²) < 4.78 is 0. The van der Waals surface area contributed by atoms with Crippen LogP contribution in [0.15, 0.2) is 12.7 Å². The summed E-state index contributed by atoms with van der Waals surface area (Å²) in [6, 6.07) is 0.0810. The summed E-state index contributed by atoms with van der Waals surface area (Å²) in [6.45, 7) is 8.04. The molecule has 0 spiro atoms. The molecular formula is C9H18N2O. The minimum absolute atomic E-state index is 0.00542. The average molecular weight is 170 g/mol. The Hall–Kier alpha value is -0.830. The molecule has 3 nitrogen and oxygen atoms in total. The second-order valence-corrected chi connectivity index (χ2v) is 3.15. The topological polar surface area (TPSA) is 55.1 Å². The number of nitrogens with one attached hydrogen (secondary N) is 1. The molecule has 0 aromatic heterocycles. The van der Waals surface area contributed by atoms with Crippen molar-refractivity contribution in [3.05, 3.63) is 12.7 Å². The van der Waals surface area contributed by atoms with Gasteiger partial charge in [0.1, 0.15) is 0 Å². The largest absolute Gasteiger partial charge is 0.352 e. The molecule has 0 aromatic rings. The molecule has 0 aliphatic rings. The standard InChI is InChI=1S/C9H18N2O/c1-4-5-9(12)11-8(6-10)7(2)3/h4,7-8H,1,5-6,10H2,2-3H3,(H,11,12). The molecule has 0 rings (SSSR count). The molecule has 1 atom stereocenters. The number of hydrogen-bond acceptors (Lipinski definition) is 2. The van der Waals surface area contributed by atoms with Gasteiger partial charge in [-0.05, 0) is 5.92 Å². The van der Waals surface area contributed by atoms with E-state index in [2.05, 4.69) is 11.9 Å². The predicted octanol–water partition coefficient (Wildman–Crippen LogP) is 0.662. The van der Waals surface area contributed by atoms with Crippen LogP contribution >= 0.6 is 0 Å². The molecule has 0 aliphatic heterocycles. The fraction of sp³-hybridized carbons (Fsp3) is 0.667. The van der Waals surface area contributed by atoms with Crippen molar-refractivity contribution < 1.29 is 4.79 Å². The third kappa shape index (κ3) is 4.13. The minimum Gasteiger partial charge on any atom is -0.352 e. The molecule has 1 amide bonds. The van der Waals surface area contributed by atoms with Crippen LogP contribution in [-0.2, 0) is 4.79 Å². The van der Waals surface area contributed by atoms with E-state index in [1.807, 2.05) is 13.8 Å². The van der Waals surface area contributed by atoms with Crippen LogP contribution in [0.25, 0.3) is 0 Å². The molecule has 12 heavy (non-hydrogen) atoms. The number of carbonyl (C=O) groups excluding carboxylic acids is 1. The fourth-order valence-corrected chi connectivity index (χ4v) is 0.895. The molecule has 0 radical (unpaired) electrons. The van der Waals surface area contributed by atoms with Crippen LogP contribution < -0.4 is 11.1 Å². The first-order valence-corrected chi connectivity index (χ1v) is 4.22. The van der Waals surface area contributed by atoms with Gasteiger partial charge in [0.2, 0.25) is 5.91 Å². The number of nitrogens with two attached hydrogens (primary N) is 1. The average Bonchev–Trinajstić information content (AvgIpc) is 2.00. The second-order valence-electron chi connectivity index (χ2n) is 3.15. The Morgan fingerprint density at radius 1 is 1.67 bits per heavy atom. The molecule has 0 aliphatic carbocycles. The van der Waals surface area contributed by atoms with Gasteiger partial charge in [0.25, 0.3) is 0 Å². The third-order valence-corrected chi connectivity index (χ3v) is 1.73. The van der Waals surface area contributed by atoms with Gasteiger partial charge < -0.3 is 11.1 Å². The van der Waals surface area contributed by atoms with E-state index in [0.717, 1.165) is 0 Å². The van der Waals surface area contributed by atoms with Gasteiger partial charge in [-0.3, -0.25) is 4.79 Å². The Labute approximate surface area is 74.0 Å². The molecule has 0 fully saturated rings. The zero-order chi connectivity index (χ0) is 9.56. The zero-order valence-electron chi connectivity index (χ0n) is 7.84. The van der Waals surface area contributed by atoms with Crippen molar-refractivity contribution >= 4 is 5.91 Å². The highest BCUT2D eigenvalue weighted by molar-refractivity contribution is 5.77. The first kappa shape index (κ1) is 11.2. The van der Waals surface area contributed by atoms with E-state index in [4.69, 9.17) is 5.73 Å². The maximum absolute atomic E-state index is 11.1. The van der Waals surface area contributed by atoms with Crippen molar-refractivity contribution in [3.63, 3.8) is 0 Å². The molecule has 70 valence electrons. The van der Waals surface area contributed by atoms with Gasteiger partial charge in [-0.15, -0.1) is 6.58 Å². The van der Waals surface area contributed by atoms with E-state index in [1.54, 1.807) is 6.08 Å². The monoisotopic (exact) mass is 170 g/mol. The van der Waals surface area contributed by atoms with Gasteiger partial charge in [0.15, 0.2) is 0 Å². The highest BCUT2D eigenvalue weighted by atomic mass is 16.1. The van der Waals surface area contributed by atoms with Crippen LogP contribution in [0.3, 0.4) is 0 Å². The van der Waals surface area contributed by atoms with Gasteiger partial charge in [-0.25, -0.2) is 0 Å². The molecule has 0 aromatic carbocycles. The minimum atomic E-state index is -0.00542. The quantitative estimate of drug-likeness (QED) is 0.596. The van der Waals surface area contributed by atoms with E-state index in [1.165, 1.54) is 0 Å². The van der Waals surface area contributed by atoms with Crippen LogP contribution in [0.1, 0.15) is 20.3 Å². The maximum Gasteiger partial charge on any atom is 0.224 e. The van der Waals surface area contributed by atoms with Crippen molar-refractivity contribution in [2.75, 3.05) is 6.54 Å². The number of hydrogen-bond donors (Lipinski definition) is 2. The molecular weight excluding hydrogens is 152 g/mol. The summed E-state index contributed by atoms with van der Waals surface area (Å²) in [5, 5.41) is 2.83. The molecule has 3 N–H and O–H groups in total. The predicted molar refractivity (Wildman–Crippen MR) is 50.6 cm³/mol. The van der Waals surface area contributed by atoms with E-state index in [9.17, 15) is 4.79 Å². The van der Waals surface area contributed by atoms with Crippen molar-refractivity contribution in [3.8, 4) is 0 Å². The summed E-state index contributed by atoms with van der Waals surface area (Å²) in [5.41, 5.74) is 5.48. The molecule has 0 heterocycles. The zero-order valence-corrected chi connectivity index (χ0v) is 7.84. The maximum atomic E-state index is 11.1. The van der Waals surface area contributed by atoms with E-state index >= 15 is 0 Å². The molecule has 0 saturated heterocycles. The normalized spacial score (nSPS) is 12.7. The Morgan fingerprint density at radius 3 is 2.58 bits per heavy atom. The van der Waals surface area contributed by atoms with Gasteiger partial charge in [-0.2, -0.15) is 0 Å². The van der Waals surface area contributed by atoms with Crippen molar-refractivity contribution in [1.29, 1.82) is 0 Å². The lowest BCUT2D eigenvalue weighted by atomic mass is 10.0. The molecule has 0 saturated carbocycles. The summed E-state index contributed by atoms with van der Waals surface area (Å²) >= 11 is 0. The molecule has 3 heteroatoms. The summed E-state index contributed by atoms with van der Waals surface area (Å²) in [6.07, 6.45) is 1.95. The Morgan fingerprint density at radius 2 is 2.25 bits per heavy atom. The molecule has 0 bridgehead atoms. The smallest absolute Gasteiger partial charge is 0.224 e. The van der Waals surface area contributed by atoms with E-state index in [0.29, 0.717) is 18.9 Å². The number of rotatable bonds is 5. The number of amides is 1. The van der Waals surface area contributed by atoms with E-state index < -0.39 is 0 Å². The van der Waals surface area contributed by atoms with Crippen molar-refractivity contribution in [1.82, 2.24) is 5.32 Å². The van der Waals surface area contributed by atoms with Gasteiger partial charge in [0, 0.05) is 19.0 Å². The molecule has 1 unspecified atom stereocenters. The van der Waals surface area contributed by atoms with Gasteiger partial charge in [-0.1, -0.05) is 19.9 Å². The Kier molecular flexibility index (Phi) is 5.37. The highest BCUT2D eigenvalue weighted by Gasteiger charge is 2.12. The van der Waals surface area contributed by atoms with Crippen LogP contribution in [0.4, 0.5) is 0 Å². The van der Waals surface area contributed by atoms with Crippen LogP contribution in [0.5, 0.6) is 0 Å². The lowest BCUT2D eigenvalue weighted by molar-refractivity contribution is -0.121. The van der Waals surface area contributed by atoms with Gasteiger partial charge >= 0.3 is 0 Å². The van der Waals surface area contributed by atoms with Gasteiger partial charge in [0.05, 0.1) is 0 Å². The summed E-state index contributed by atoms with van der Waals surface area (Å²) in [5.74, 6) is 0.373. The lowest BCUT2D eigenvalue weighted by Crippen LogP contribution is -2.43. The Bertz CT molecular complexity index is 155. The first-order chi connectivity index (χ1) is 5.61. The fourth-order valence-electron chi connectivity index (χ4n) is 0.895. The van der Waals surface area contributed by atoms with Crippen molar-refractivity contribution in [2.24, 2.45) is 11.7 Å². The van der Waals surface area contributed by atoms with E-state index in [-0.39, 0.29) is 11.9 Å². The SMILES string of the molecule is C=CCC(=O)NC(CN)C(C)C. The van der Waals surface area contributed by atoms with Crippen LogP contribution in [0.2, 0.25) is 0 Å². The number of carbonyl (C=O) groups is 1.